The van der Waals surface area contributed by atoms with Gasteiger partial charge in [-0.15, -0.1) is 11.3 Å². The molecule has 218 valence electrons. The molecule has 2 N–H and O–H groups in total. The van der Waals surface area contributed by atoms with Crippen LogP contribution >= 0.6 is 11.3 Å². The van der Waals surface area contributed by atoms with Gasteiger partial charge >= 0.3 is 11.9 Å². The number of hydrogen-bond acceptors (Lipinski definition) is 10. The molecule has 2 heterocycles. The Morgan fingerprint density at radius 2 is 1.68 bits per heavy atom. The van der Waals surface area contributed by atoms with Gasteiger partial charge < -0.3 is 29.6 Å². The van der Waals surface area contributed by atoms with Gasteiger partial charge in [-0.3, -0.25) is 4.79 Å². The molecule has 0 spiro atoms. The van der Waals surface area contributed by atoms with E-state index in [1.54, 1.807) is 28.1 Å². The van der Waals surface area contributed by atoms with Crippen molar-refractivity contribution >= 4 is 28.4 Å². The number of carbonyl (C=O) groups excluding carboxylic acids is 2. The number of nitrogens with zero attached hydrogens (tertiary/aromatic N) is 1. The largest absolute Gasteiger partial charge is 0.493 e. The lowest BCUT2D eigenvalue weighted by Crippen LogP contribution is -2.62. The van der Waals surface area contributed by atoms with Gasteiger partial charge in [-0.05, 0) is 58.4 Å². The fourth-order valence-corrected chi connectivity index (χ4v) is 6.36. The second-order valence-corrected chi connectivity index (χ2v) is 11.0. The number of esters is 2. The molecule has 1 aromatic heterocycles. The van der Waals surface area contributed by atoms with E-state index >= 15 is 0 Å². The van der Waals surface area contributed by atoms with Crippen LogP contribution in [0.2, 0.25) is 0 Å². The maximum absolute atomic E-state index is 13.7. The first kappa shape index (κ1) is 29.9. The third-order valence-corrected chi connectivity index (χ3v) is 8.02. The molecular weight excluding hydrogens is 542 g/mol. The molecule has 41 heavy (non-hydrogen) atoms. The van der Waals surface area contributed by atoms with Gasteiger partial charge in [0.15, 0.2) is 16.6 Å². The molecule has 2 aromatic carbocycles. The van der Waals surface area contributed by atoms with Gasteiger partial charge in [0.1, 0.15) is 11.6 Å². The Hall–Kier alpha value is -4.05. The molecule has 0 aliphatic carbocycles. The van der Waals surface area contributed by atoms with Crippen LogP contribution < -0.4 is 20.1 Å². The standard InChI is InChI=1S/C31H37N3O6S/c1-8-39-28(35)24-18(3)33-31(5,26(29(36)40-9-2)25(24)20-13-11-10-12-14-20)34-30-32-27(19(4)41-30)21-15-16-22(37-6)23(17-21)38-7/h10-17,25-26,33H,8-9H2,1-7H3,(H,32,34). The minimum atomic E-state index is -1.06. The molecule has 1 aliphatic heterocycles. The Morgan fingerprint density at radius 3 is 2.32 bits per heavy atom. The van der Waals surface area contributed by atoms with E-state index in [-0.39, 0.29) is 13.2 Å². The Bertz CT molecular complexity index is 1440. The highest BCUT2D eigenvalue weighted by Gasteiger charge is 2.53. The summed E-state index contributed by atoms with van der Waals surface area (Å²) in [6.07, 6.45) is 0. The second kappa shape index (κ2) is 12.6. The van der Waals surface area contributed by atoms with Gasteiger partial charge in [0.25, 0.3) is 0 Å². The van der Waals surface area contributed by atoms with Crippen molar-refractivity contribution < 1.29 is 28.5 Å². The highest BCUT2D eigenvalue weighted by atomic mass is 32.1. The number of hydrogen-bond donors (Lipinski definition) is 2. The van der Waals surface area contributed by atoms with E-state index in [0.717, 1.165) is 21.7 Å². The molecule has 1 aliphatic rings. The van der Waals surface area contributed by atoms with E-state index in [9.17, 15) is 9.59 Å². The van der Waals surface area contributed by atoms with Crippen molar-refractivity contribution in [1.82, 2.24) is 10.3 Å². The van der Waals surface area contributed by atoms with Gasteiger partial charge in [0, 0.05) is 22.1 Å². The quantitative estimate of drug-likeness (QED) is 0.294. The van der Waals surface area contributed by atoms with Gasteiger partial charge in [-0.2, -0.15) is 0 Å². The van der Waals surface area contributed by atoms with Crippen LogP contribution in [0.4, 0.5) is 5.13 Å². The monoisotopic (exact) mass is 579 g/mol. The van der Waals surface area contributed by atoms with Crippen molar-refractivity contribution in [2.75, 3.05) is 32.8 Å². The fraction of sp³-hybridized carbons (Fsp3) is 0.387. The predicted molar refractivity (Wildman–Crippen MR) is 159 cm³/mol. The van der Waals surface area contributed by atoms with Crippen molar-refractivity contribution in [1.29, 1.82) is 0 Å². The average Bonchev–Trinajstić information content (AvgIpc) is 3.31. The summed E-state index contributed by atoms with van der Waals surface area (Å²) in [4.78, 5) is 32.9. The van der Waals surface area contributed by atoms with Crippen LogP contribution in [0.3, 0.4) is 0 Å². The van der Waals surface area contributed by atoms with E-state index in [4.69, 9.17) is 23.9 Å². The van der Waals surface area contributed by atoms with E-state index in [1.807, 2.05) is 69.3 Å². The number of carbonyl (C=O) groups is 2. The number of ether oxygens (including phenoxy) is 4. The minimum Gasteiger partial charge on any atom is -0.493 e. The van der Waals surface area contributed by atoms with Gasteiger partial charge in [0.05, 0.1) is 38.7 Å². The molecule has 3 unspecified atom stereocenters. The predicted octanol–water partition coefficient (Wildman–Crippen LogP) is 5.67. The summed E-state index contributed by atoms with van der Waals surface area (Å²) in [5.74, 6) is -1.13. The fourth-order valence-electron chi connectivity index (χ4n) is 5.41. The molecule has 0 fully saturated rings. The maximum atomic E-state index is 13.7. The average molecular weight is 580 g/mol. The highest BCUT2D eigenvalue weighted by Crippen LogP contribution is 2.46. The van der Waals surface area contributed by atoms with Crippen LogP contribution in [0.5, 0.6) is 11.5 Å². The van der Waals surface area contributed by atoms with Crippen molar-refractivity contribution in [3.8, 4) is 22.8 Å². The zero-order valence-corrected chi connectivity index (χ0v) is 25.3. The Morgan fingerprint density at radius 1 is 1.00 bits per heavy atom. The molecule has 3 aromatic rings. The number of thiazole rings is 1. The topological polar surface area (TPSA) is 108 Å². The molecule has 0 radical (unpaired) electrons. The molecule has 9 nitrogen and oxygen atoms in total. The summed E-state index contributed by atoms with van der Waals surface area (Å²) in [5, 5.41) is 7.53. The van der Waals surface area contributed by atoms with Crippen molar-refractivity contribution in [3.05, 3.63) is 70.2 Å². The van der Waals surface area contributed by atoms with Crippen LogP contribution in [0.25, 0.3) is 11.3 Å². The Kier molecular flexibility index (Phi) is 9.22. The number of nitrogens with one attached hydrogen (secondary N) is 2. The van der Waals surface area contributed by atoms with Gasteiger partial charge in [-0.25, -0.2) is 9.78 Å². The maximum Gasteiger partial charge on any atom is 0.336 e. The summed E-state index contributed by atoms with van der Waals surface area (Å²) in [6, 6.07) is 15.2. The van der Waals surface area contributed by atoms with Crippen LogP contribution in [0.1, 0.15) is 44.1 Å². The van der Waals surface area contributed by atoms with Crippen LogP contribution in [-0.2, 0) is 19.1 Å². The van der Waals surface area contributed by atoms with Gasteiger partial charge in [0.2, 0.25) is 0 Å². The molecule has 3 atom stereocenters. The van der Waals surface area contributed by atoms with E-state index in [0.29, 0.717) is 27.9 Å². The number of benzene rings is 2. The van der Waals surface area contributed by atoms with Crippen LogP contribution in [0, 0.1) is 12.8 Å². The second-order valence-electron chi connectivity index (χ2n) is 9.82. The van der Waals surface area contributed by atoms with E-state index < -0.39 is 29.4 Å². The first-order chi connectivity index (χ1) is 19.7. The molecular formula is C31H37N3O6S. The molecule has 4 rings (SSSR count). The van der Waals surface area contributed by atoms with Crippen LogP contribution in [-0.4, -0.2) is 50.0 Å². The SMILES string of the molecule is CCOC(=O)C1=C(C)NC(C)(Nc2nc(-c3ccc(OC)c(OC)c3)c(C)s2)C(C(=O)OCC)C1c1ccccc1. The van der Waals surface area contributed by atoms with Crippen LogP contribution in [0.15, 0.2) is 59.8 Å². The Balaban J connectivity index is 1.81. The molecule has 0 bridgehead atoms. The number of rotatable bonds is 10. The van der Waals surface area contributed by atoms with Crippen molar-refractivity contribution in [2.24, 2.45) is 5.92 Å². The summed E-state index contributed by atoms with van der Waals surface area (Å²) in [5.41, 5.74) is 2.41. The smallest absolute Gasteiger partial charge is 0.336 e. The molecule has 0 amide bonds. The lowest BCUT2D eigenvalue weighted by Gasteiger charge is -2.46. The van der Waals surface area contributed by atoms with Gasteiger partial charge in [-0.1, -0.05) is 30.3 Å². The van der Waals surface area contributed by atoms with Crippen molar-refractivity contribution in [3.63, 3.8) is 0 Å². The van der Waals surface area contributed by atoms with E-state index in [1.165, 1.54) is 11.3 Å². The Labute approximate surface area is 244 Å². The number of aryl methyl sites for hydroxylation is 1. The summed E-state index contributed by atoms with van der Waals surface area (Å²) >= 11 is 1.47. The zero-order chi connectivity index (χ0) is 29.7. The lowest BCUT2D eigenvalue weighted by molar-refractivity contribution is -0.152. The van der Waals surface area contributed by atoms with Crippen molar-refractivity contribution in [2.45, 2.75) is 46.2 Å². The zero-order valence-electron chi connectivity index (χ0n) is 24.5. The number of allylic oxidation sites excluding steroid dienone is 1. The third-order valence-electron chi connectivity index (χ3n) is 7.13. The molecule has 0 saturated carbocycles. The first-order valence-electron chi connectivity index (χ1n) is 13.5. The number of aromatic nitrogens is 1. The number of anilines is 1. The van der Waals surface area contributed by atoms with E-state index in [2.05, 4.69) is 10.6 Å². The molecule has 0 saturated heterocycles. The normalized spacial score (nSPS) is 20.2. The first-order valence-corrected chi connectivity index (χ1v) is 14.3. The highest BCUT2D eigenvalue weighted by molar-refractivity contribution is 7.16. The minimum absolute atomic E-state index is 0.199. The summed E-state index contributed by atoms with van der Waals surface area (Å²) in [7, 11) is 3.19. The summed E-state index contributed by atoms with van der Waals surface area (Å²) < 4.78 is 21.9. The summed E-state index contributed by atoms with van der Waals surface area (Å²) in [6.45, 7) is 9.65. The third kappa shape index (κ3) is 6.02. The number of methoxy groups -OCH3 is 2. The lowest BCUT2D eigenvalue weighted by atomic mass is 9.71. The molecule has 10 heteroatoms.